The van der Waals surface area contributed by atoms with Crippen molar-refractivity contribution in [1.29, 1.82) is 0 Å². The number of nitrogens with two attached hydrogens (primary N) is 1. The Morgan fingerprint density at radius 2 is 1.94 bits per heavy atom. The fraction of sp³-hybridized carbons (Fsp3) is 0.214. The highest BCUT2D eigenvalue weighted by atomic mass is 32.1. The van der Waals surface area contributed by atoms with Crippen molar-refractivity contribution in [2.45, 2.75) is 0 Å². The van der Waals surface area contributed by atoms with Gasteiger partial charge in [0.05, 0.1) is 17.1 Å². The molecule has 0 saturated heterocycles. The summed E-state index contributed by atoms with van der Waals surface area (Å²) in [6, 6.07) is 11.8. The molecule has 1 heterocycles. The zero-order valence-corrected chi connectivity index (χ0v) is 11.3. The minimum atomic E-state index is 0.0738. The number of hydrogen-bond donors (Lipinski definition) is 1. The molecule has 0 fully saturated rings. The van der Waals surface area contributed by atoms with Crippen molar-refractivity contribution in [3.05, 3.63) is 41.3 Å². The van der Waals surface area contributed by atoms with E-state index in [9.17, 15) is 4.79 Å². The molecular formula is C14H16N2OS. The summed E-state index contributed by atoms with van der Waals surface area (Å²) in [6.45, 7) is 0.388. The molecule has 2 rings (SSSR count). The van der Waals surface area contributed by atoms with Crippen molar-refractivity contribution in [3.63, 3.8) is 0 Å². The lowest BCUT2D eigenvalue weighted by molar-refractivity contribution is 0.0962. The molecule has 2 aromatic rings. The maximum Gasteiger partial charge on any atom is 0.188 e. The summed E-state index contributed by atoms with van der Waals surface area (Å²) in [4.78, 5) is 15.6. The summed E-state index contributed by atoms with van der Waals surface area (Å²) < 4.78 is 0. The van der Waals surface area contributed by atoms with Crippen LogP contribution in [0.2, 0.25) is 0 Å². The Morgan fingerprint density at radius 3 is 2.56 bits per heavy atom. The van der Waals surface area contributed by atoms with Gasteiger partial charge < -0.3 is 10.6 Å². The van der Waals surface area contributed by atoms with Gasteiger partial charge in [0.2, 0.25) is 0 Å². The van der Waals surface area contributed by atoms with E-state index in [1.807, 2.05) is 55.4 Å². The van der Waals surface area contributed by atoms with Crippen LogP contribution >= 0.6 is 11.3 Å². The van der Waals surface area contributed by atoms with Gasteiger partial charge in [-0.3, -0.25) is 4.79 Å². The first-order chi connectivity index (χ1) is 8.58. The molecule has 3 nitrogen and oxygen atoms in total. The number of benzene rings is 1. The number of Topliss-reactive ketones (excluding diaryl/α,β-unsaturated/α-hetero) is 1. The van der Waals surface area contributed by atoms with Gasteiger partial charge in [-0.25, -0.2) is 0 Å². The molecule has 0 amide bonds. The van der Waals surface area contributed by atoms with Crippen LogP contribution in [0.15, 0.2) is 36.4 Å². The number of ketones is 1. The van der Waals surface area contributed by atoms with Crippen LogP contribution in [-0.4, -0.2) is 31.3 Å². The van der Waals surface area contributed by atoms with Gasteiger partial charge in [-0.2, -0.15) is 0 Å². The lowest BCUT2D eigenvalue weighted by Gasteiger charge is -2.06. The van der Waals surface area contributed by atoms with Crippen molar-refractivity contribution in [1.82, 2.24) is 4.90 Å². The monoisotopic (exact) mass is 260 g/mol. The first kappa shape index (κ1) is 12.8. The third-order valence-corrected chi connectivity index (χ3v) is 3.77. The number of rotatable bonds is 4. The molecule has 18 heavy (non-hydrogen) atoms. The molecule has 1 aromatic carbocycles. The number of nitrogens with zero attached hydrogens (tertiary/aromatic N) is 1. The third-order valence-electron chi connectivity index (χ3n) is 2.53. The van der Waals surface area contributed by atoms with Gasteiger partial charge >= 0.3 is 0 Å². The van der Waals surface area contributed by atoms with Crippen LogP contribution in [0.4, 0.5) is 5.69 Å². The van der Waals surface area contributed by atoms with Crippen LogP contribution in [0, 0.1) is 0 Å². The maximum atomic E-state index is 12.0. The molecular weight excluding hydrogens is 244 g/mol. The Kier molecular flexibility index (Phi) is 3.79. The second-order valence-electron chi connectivity index (χ2n) is 4.42. The quantitative estimate of drug-likeness (QED) is 0.860. The van der Waals surface area contributed by atoms with E-state index in [-0.39, 0.29) is 5.78 Å². The fourth-order valence-electron chi connectivity index (χ4n) is 1.73. The van der Waals surface area contributed by atoms with E-state index in [4.69, 9.17) is 5.73 Å². The molecule has 2 N–H and O–H groups in total. The molecule has 4 heteroatoms. The number of carbonyl (C=O) groups excluding carboxylic acids is 1. The maximum absolute atomic E-state index is 12.0. The Balaban J connectivity index is 2.30. The summed E-state index contributed by atoms with van der Waals surface area (Å²) in [6.07, 6.45) is 0. The van der Waals surface area contributed by atoms with Gasteiger partial charge in [0.1, 0.15) is 0 Å². The molecule has 0 radical (unpaired) electrons. The first-order valence-corrected chi connectivity index (χ1v) is 6.52. The Morgan fingerprint density at radius 1 is 1.28 bits per heavy atom. The predicted octanol–water partition coefficient (Wildman–Crippen LogP) is 2.74. The molecule has 0 aliphatic carbocycles. The molecule has 1 aromatic heterocycles. The van der Waals surface area contributed by atoms with Crippen molar-refractivity contribution >= 4 is 22.8 Å². The summed E-state index contributed by atoms with van der Waals surface area (Å²) >= 11 is 1.46. The molecule has 0 bridgehead atoms. The molecule has 0 spiro atoms. The highest BCUT2D eigenvalue weighted by molar-refractivity contribution is 7.18. The number of thiophene rings is 1. The van der Waals surface area contributed by atoms with E-state index < -0.39 is 0 Å². The summed E-state index contributed by atoms with van der Waals surface area (Å²) in [5.74, 6) is 0.0738. The summed E-state index contributed by atoms with van der Waals surface area (Å²) in [5, 5.41) is 0. The van der Waals surface area contributed by atoms with E-state index >= 15 is 0 Å². The summed E-state index contributed by atoms with van der Waals surface area (Å²) in [5.41, 5.74) is 7.60. The van der Waals surface area contributed by atoms with Crippen LogP contribution in [0.1, 0.15) is 9.67 Å². The van der Waals surface area contributed by atoms with Gasteiger partial charge in [-0.15, -0.1) is 11.3 Å². The second kappa shape index (κ2) is 5.33. The zero-order chi connectivity index (χ0) is 13.1. The largest absolute Gasteiger partial charge is 0.397 e. The van der Waals surface area contributed by atoms with E-state index in [1.165, 1.54) is 11.3 Å². The van der Waals surface area contributed by atoms with Crippen LogP contribution in [0.3, 0.4) is 0 Å². The van der Waals surface area contributed by atoms with Gasteiger partial charge in [-0.1, -0.05) is 30.3 Å². The predicted molar refractivity (Wildman–Crippen MR) is 77.1 cm³/mol. The zero-order valence-electron chi connectivity index (χ0n) is 10.5. The van der Waals surface area contributed by atoms with Gasteiger partial charge in [0, 0.05) is 4.88 Å². The van der Waals surface area contributed by atoms with Crippen LogP contribution in [0.25, 0.3) is 10.4 Å². The van der Waals surface area contributed by atoms with E-state index in [0.717, 1.165) is 10.4 Å². The van der Waals surface area contributed by atoms with Crippen molar-refractivity contribution < 1.29 is 4.79 Å². The van der Waals surface area contributed by atoms with Crippen molar-refractivity contribution in [2.75, 3.05) is 26.4 Å². The molecule has 94 valence electrons. The van der Waals surface area contributed by atoms with E-state index in [1.54, 1.807) is 0 Å². The van der Waals surface area contributed by atoms with Gasteiger partial charge in [0.15, 0.2) is 5.78 Å². The highest BCUT2D eigenvalue weighted by Gasteiger charge is 2.15. The van der Waals surface area contributed by atoms with Crippen LogP contribution in [0.5, 0.6) is 0 Å². The normalized spacial score (nSPS) is 10.8. The smallest absolute Gasteiger partial charge is 0.188 e. The number of hydrogen-bond acceptors (Lipinski definition) is 4. The number of carbonyl (C=O) groups is 1. The SMILES string of the molecule is CN(C)CC(=O)c1sc(-c2ccccc2)cc1N. The average Bonchev–Trinajstić information content (AvgIpc) is 2.72. The molecule has 0 saturated carbocycles. The lowest BCUT2D eigenvalue weighted by Crippen LogP contribution is -2.21. The number of likely N-dealkylation sites (N-methyl/N-ethyl adjacent to an activating group) is 1. The van der Waals surface area contributed by atoms with Crippen LogP contribution in [-0.2, 0) is 0 Å². The van der Waals surface area contributed by atoms with E-state index in [2.05, 4.69) is 0 Å². The first-order valence-electron chi connectivity index (χ1n) is 5.70. The fourth-order valence-corrected chi connectivity index (χ4v) is 2.74. The van der Waals surface area contributed by atoms with Gasteiger partial charge in [-0.05, 0) is 25.7 Å². The molecule has 0 aliphatic rings. The minimum Gasteiger partial charge on any atom is -0.397 e. The average molecular weight is 260 g/mol. The van der Waals surface area contributed by atoms with E-state index in [0.29, 0.717) is 17.1 Å². The molecule has 0 atom stereocenters. The summed E-state index contributed by atoms with van der Waals surface area (Å²) in [7, 11) is 3.75. The van der Waals surface area contributed by atoms with Crippen molar-refractivity contribution in [3.8, 4) is 10.4 Å². The standard InChI is InChI=1S/C14H16N2OS/c1-16(2)9-12(17)14-11(15)8-13(18-14)10-6-4-3-5-7-10/h3-8H,9,15H2,1-2H3. The van der Waals surface area contributed by atoms with Crippen molar-refractivity contribution in [2.24, 2.45) is 0 Å². The Hall–Kier alpha value is -1.65. The minimum absolute atomic E-state index is 0.0738. The number of anilines is 1. The second-order valence-corrected chi connectivity index (χ2v) is 5.47. The Bertz CT molecular complexity index is 546. The Labute approximate surface area is 111 Å². The van der Waals surface area contributed by atoms with Crippen LogP contribution < -0.4 is 5.73 Å². The molecule has 0 unspecified atom stereocenters. The number of nitrogen functional groups attached to an aromatic ring is 1. The topological polar surface area (TPSA) is 46.3 Å². The van der Waals surface area contributed by atoms with Gasteiger partial charge in [0.25, 0.3) is 0 Å². The third kappa shape index (κ3) is 2.78. The lowest BCUT2D eigenvalue weighted by atomic mass is 10.2. The highest BCUT2D eigenvalue weighted by Crippen LogP contribution is 2.33. The molecule has 0 aliphatic heterocycles.